The van der Waals surface area contributed by atoms with Gasteiger partial charge in [-0.3, -0.25) is 9.59 Å². The van der Waals surface area contributed by atoms with Gasteiger partial charge in [0.2, 0.25) is 5.91 Å². The lowest BCUT2D eigenvalue weighted by Crippen LogP contribution is -2.42. The van der Waals surface area contributed by atoms with Gasteiger partial charge in [-0.15, -0.1) is 11.8 Å². The van der Waals surface area contributed by atoms with Gasteiger partial charge in [-0.2, -0.15) is 0 Å². The fraction of sp³-hybridized carbons (Fsp3) is 0.412. The third kappa shape index (κ3) is 3.98. The van der Waals surface area contributed by atoms with Gasteiger partial charge in [0.1, 0.15) is 17.2 Å². The Kier molecular flexibility index (Phi) is 6.25. The zero-order valence-electron chi connectivity index (χ0n) is 14.8. The molecular formula is C17H19NO7S. The Labute approximate surface area is 154 Å². The highest BCUT2D eigenvalue weighted by Crippen LogP contribution is 2.44. The monoisotopic (exact) mass is 381 g/mol. The molecule has 2 unspecified atom stereocenters. The van der Waals surface area contributed by atoms with Crippen LogP contribution in [0.15, 0.2) is 18.2 Å². The lowest BCUT2D eigenvalue weighted by atomic mass is 10.1. The van der Waals surface area contributed by atoms with Crippen molar-refractivity contribution in [1.82, 2.24) is 4.90 Å². The molecule has 8 nitrogen and oxygen atoms in total. The van der Waals surface area contributed by atoms with Crippen LogP contribution in [0, 0.1) is 0 Å². The van der Waals surface area contributed by atoms with Crippen molar-refractivity contribution < 1.29 is 33.4 Å². The van der Waals surface area contributed by atoms with Crippen molar-refractivity contribution in [2.45, 2.75) is 25.3 Å². The van der Waals surface area contributed by atoms with E-state index in [9.17, 15) is 19.2 Å². The van der Waals surface area contributed by atoms with E-state index >= 15 is 0 Å². The number of carbonyl (C=O) groups is 4. The molecule has 1 fully saturated rings. The number of hydrogen-bond acceptors (Lipinski definition) is 8. The van der Waals surface area contributed by atoms with Crippen molar-refractivity contribution in [3.05, 3.63) is 29.3 Å². The standard InChI is InChI=1S/C17H19NO7S/c1-9(19)18-14(17(22)24-4)8-26-15(18)13-7-11(25-10(2)20)5-6-12(13)16(21)23-3/h5-7,14-15H,8H2,1-4H3. The second-order valence-electron chi connectivity index (χ2n) is 5.49. The maximum atomic E-state index is 12.2. The SMILES string of the molecule is COC(=O)c1ccc(OC(C)=O)cc1C1SCC(C(=O)OC)N1C(C)=O. The number of rotatable bonds is 4. The van der Waals surface area contributed by atoms with E-state index in [4.69, 9.17) is 14.2 Å². The van der Waals surface area contributed by atoms with Crippen molar-refractivity contribution in [3.63, 3.8) is 0 Å². The molecule has 1 amide bonds. The number of thioether (sulfide) groups is 1. The van der Waals surface area contributed by atoms with Gasteiger partial charge in [0.25, 0.3) is 0 Å². The first-order valence-electron chi connectivity index (χ1n) is 7.69. The molecule has 0 radical (unpaired) electrons. The number of carbonyl (C=O) groups excluding carboxylic acids is 4. The minimum absolute atomic E-state index is 0.220. The molecule has 0 aromatic heterocycles. The highest BCUT2D eigenvalue weighted by molar-refractivity contribution is 7.99. The van der Waals surface area contributed by atoms with E-state index in [1.165, 1.54) is 62.9 Å². The number of hydrogen-bond donors (Lipinski definition) is 0. The van der Waals surface area contributed by atoms with Gasteiger partial charge in [0, 0.05) is 25.2 Å². The molecule has 0 aliphatic carbocycles. The minimum atomic E-state index is -0.768. The predicted octanol–water partition coefficient (Wildman–Crippen LogP) is 1.53. The summed E-state index contributed by atoms with van der Waals surface area (Å²) in [6.07, 6.45) is 0. The molecule has 0 bridgehead atoms. The number of benzene rings is 1. The van der Waals surface area contributed by atoms with Crippen LogP contribution in [0.3, 0.4) is 0 Å². The van der Waals surface area contributed by atoms with Crippen LogP contribution in [0.1, 0.15) is 35.1 Å². The van der Waals surface area contributed by atoms with E-state index in [1.54, 1.807) is 0 Å². The average Bonchev–Trinajstić information content (AvgIpc) is 3.05. The van der Waals surface area contributed by atoms with E-state index in [2.05, 4.69) is 0 Å². The fourth-order valence-electron chi connectivity index (χ4n) is 2.72. The van der Waals surface area contributed by atoms with E-state index in [1.807, 2.05) is 0 Å². The minimum Gasteiger partial charge on any atom is -0.467 e. The van der Waals surface area contributed by atoms with Crippen LogP contribution in [-0.2, 0) is 23.9 Å². The molecule has 2 atom stereocenters. The normalized spacial score (nSPS) is 19.0. The van der Waals surface area contributed by atoms with Crippen LogP contribution in [-0.4, -0.2) is 54.7 Å². The molecule has 1 aliphatic heterocycles. The summed E-state index contributed by atoms with van der Waals surface area (Å²) >= 11 is 1.31. The summed E-state index contributed by atoms with van der Waals surface area (Å²) in [7, 11) is 2.49. The molecule has 140 valence electrons. The van der Waals surface area contributed by atoms with Crippen molar-refractivity contribution in [1.29, 1.82) is 0 Å². The van der Waals surface area contributed by atoms with Crippen molar-refractivity contribution >= 4 is 35.6 Å². The third-order valence-electron chi connectivity index (χ3n) is 3.79. The van der Waals surface area contributed by atoms with E-state index < -0.39 is 29.3 Å². The Morgan fingerprint density at radius 1 is 1.12 bits per heavy atom. The van der Waals surface area contributed by atoms with Crippen LogP contribution in [0.2, 0.25) is 0 Å². The van der Waals surface area contributed by atoms with Gasteiger partial charge < -0.3 is 19.1 Å². The summed E-state index contributed by atoms with van der Waals surface area (Å²) in [5.74, 6) is -1.45. The van der Waals surface area contributed by atoms with E-state index in [0.29, 0.717) is 11.3 Å². The van der Waals surface area contributed by atoms with Crippen LogP contribution in [0.5, 0.6) is 5.75 Å². The summed E-state index contributed by atoms with van der Waals surface area (Å²) in [5, 5.41) is -0.624. The Morgan fingerprint density at radius 2 is 1.81 bits per heavy atom. The number of nitrogens with zero attached hydrogens (tertiary/aromatic N) is 1. The fourth-order valence-corrected chi connectivity index (χ4v) is 4.21. The van der Waals surface area contributed by atoms with Gasteiger partial charge in [0.15, 0.2) is 0 Å². The lowest BCUT2D eigenvalue weighted by Gasteiger charge is -2.28. The quantitative estimate of drug-likeness (QED) is 0.572. The highest BCUT2D eigenvalue weighted by Gasteiger charge is 2.43. The first-order chi connectivity index (χ1) is 12.3. The number of methoxy groups -OCH3 is 2. The van der Waals surface area contributed by atoms with Gasteiger partial charge in [-0.05, 0) is 18.2 Å². The van der Waals surface area contributed by atoms with Crippen molar-refractivity contribution in [2.24, 2.45) is 0 Å². The molecule has 1 aromatic rings. The summed E-state index contributed by atoms with van der Waals surface area (Å²) in [6.45, 7) is 2.59. The number of ether oxygens (including phenoxy) is 3. The lowest BCUT2D eigenvalue weighted by molar-refractivity contribution is -0.151. The molecule has 1 aliphatic rings. The third-order valence-corrected chi connectivity index (χ3v) is 5.10. The smallest absolute Gasteiger partial charge is 0.338 e. The highest BCUT2D eigenvalue weighted by atomic mass is 32.2. The largest absolute Gasteiger partial charge is 0.467 e. The number of amides is 1. The molecule has 0 saturated carbocycles. The molecule has 0 N–H and O–H groups in total. The maximum Gasteiger partial charge on any atom is 0.338 e. The predicted molar refractivity (Wildman–Crippen MR) is 92.6 cm³/mol. The van der Waals surface area contributed by atoms with Gasteiger partial charge >= 0.3 is 17.9 Å². The van der Waals surface area contributed by atoms with Crippen LogP contribution in [0.25, 0.3) is 0 Å². The molecule has 1 saturated heterocycles. The molecule has 26 heavy (non-hydrogen) atoms. The first-order valence-corrected chi connectivity index (χ1v) is 8.74. The Balaban J connectivity index is 2.52. The second-order valence-corrected chi connectivity index (χ2v) is 6.60. The molecule has 0 spiro atoms. The average molecular weight is 381 g/mol. The van der Waals surface area contributed by atoms with Crippen LogP contribution < -0.4 is 4.74 Å². The Bertz CT molecular complexity index is 749. The van der Waals surface area contributed by atoms with E-state index in [0.717, 1.165) is 0 Å². The van der Waals surface area contributed by atoms with Gasteiger partial charge in [0.05, 0.1) is 19.8 Å². The van der Waals surface area contributed by atoms with Gasteiger partial charge in [-0.1, -0.05) is 0 Å². The van der Waals surface area contributed by atoms with Crippen molar-refractivity contribution in [3.8, 4) is 5.75 Å². The summed E-state index contributed by atoms with van der Waals surface area (Å²) < 4.78 is 14.6. The maximum absolute atomic E-state index is 12.2. The molecular weight excluding hydrogens is 362 g/mol. The molecule has 1 heterocycles. The molecule has 9 heteroatoms. The zero-order valence-corrected chi connectivity index (χ0v) is 15.6. The van der Waals surface area contributed by atoms with E-state index in [-0.39, 0.29) is 17.2 Å². The second kappa shape index (κ2) is 8.22. The summed E-state index contributed by atoms with van der Waals surface area (Å²) in [4.78, 5) is 48.9. The number of esters is 3. The van der Waals surface area contributed by atoms with Gasteiger partial charge in [-0.25, -0.2) is 9.59 Å². The Hall–Kier alpha value is -2.55. The topological polar surface area (TPSA) is 99.2 Å². The molecule has 2 rings (SSSR count). The van der Waals surface area contributed by atoms with Crippen molar-refractivity contribution in [2.75, 3.05) is 20.0 Å². The Morgan fingerprint density at radius 3 is 2.35 bits per heavy atom. The summed E-state index contributed by atoms with van der Waals surface area (Å²) in [5.41, 5.74) is 0.639. The summed E-state index contributed by atoms with van der Waals surface area (Å²) in [6, 6.07) is 3.66. The zero-order chi connectivity index (χ0) is 19.4. The molecule has 1 aromatic carbocycles. The first kappa shape index (κ1) is 19.8. The van der Waals surface area contributed by atoms with Crippen LogP contribution in [0.4, 0.5) is 0 Å². The van der Waals surface area contributed by atoms with Crippen LogP contribution >= 0.6 is 11.8 Å².